The van der Waals surface area contributed by atoms with Crippen molar-refractivity contribution in [2.45, 2.75) is 32.4 Å². The lowest BCUT2D eigenvalue weighted by Crippen LogP contribution is -2.22. The number of hydrogen-bond acceptors (Lipinski definition) is 6. The third kappa shape index (κ3) is 3.19. The molecule has 24 heavy (non-hydrogen) atoms. The Labute approximate surface area is 142 Å². The Morgan fingerprint density at radius 1 is 1.08 bits per heavy atom. The summed E-state index contributed by atoms with van der Waals surface area (Å²) in [6.07, 6.45) is 2.21. The first kappa shape index (κ1) is 16.6. The molecular formula is C18H24N2O4. The van der Waals surface area contributed by atoms with Crippen molar-refractivity contribution >= 4 is 0 Å². The molecule has 2 aromatic rings. The molecule has 1 fully saturated rings. The van der Waals surface area contributed by atoms with Crippen LogP contribution in [0.3, 0.4) is 0 Å². The van der Waals surface area contributed by atoms with Crippen LogP contribution in [0.2, 0.25) is 0 Å². The molecule has 1 aliphatic rings. The van der Waals surface area contributed by atoms with Crippen LogP contribution in [0.1, 0.15) is 35.9 Å². The van der Waals surface area contributed by atoms with Gasteiger partial charge in [-0.15, -0.1) is 0 Å². The third-order valence-corrected chi connectivity index (χ3v) is 4.50. The number of hydrogen-bond donors (Lipinski definition) is 0. The Morgan fingerprint density at radius 2 is 1.79 bits per heavy atom. The van der Waals surface area contributed by atoms with Crippen molar-refractivity contribution in [1.82, 2.24) is 10.1 Å². The van der Waals surface area contributed by atoms with Crippen LogP contribution in [0.4, 0.5) is 0 Å². The predicted octanol–water partition coefficient (Wildman–Crippen LogP) is 3.35. The van der Waals surface area contributed by atoms with E-state index >= 15 is 0 Å². The van der Waals surface area contributed by atoms with E-state index in [0.717, 1.165) is 48.7 Å². The van der Waals surface area contributed by atoms with Crippen molar-refractivity contribution in [3.05, 3.63) is 35.2 Å². The lowest BCUT2D eigenvalue weighted by Gasteiger charge is -2.24. The molecule has 2 heterocycles. The molecule has 1 aliphatic heterocycles. The van der Waals surface area contributed by atoms with Crippen LogP contribution in [-0.2, 0) is 6.54 Å². The van der Waals surface area contributed by atoms with Crippen LogP contribution >= 0.6 is 0 Å². The summed E-state index contributed by atoms with van der Waals surface area (Å²) in [6, 6.07) is 6.13. The zero-order chi connectivity index (χ0) is 17.1. The molecule has 0 N–H and O–H groups in total. The highest BCUT2D eigenvalue weighted by Crippen LogP contribution is 2.38. The largest absolute Gasteiger partial charge is 0.496 e. The second-order valence-corrected chi connectivity index (χ2v) is 6.02. The van der Waals surface area contributed by atoms with Crippen LogP contribution < -0.4 is 14.2 Å². The minimum atomic E-state index is 0.254. The van der Waals surface area contributed by atoms with Crippen molar-refractivity contribution in [3.63, 3.8) is 0 Å². The second kappa shape index (κ2) is 7.13. The lowest BCUT2D eigenvalue weighted by molar-refractivity contribution is 0.204. The molecule has 130 valence electrons. The van der Waals surface area contributed by atoms with E-state index in [2.05, 4.69) is 10.1 Å². The zero-order valence-electron chi connectivity index (χ0n) is 14.7. The number of benzene rings is 1. The fourth-order valence-electron chi connectivity index (χ4n) is 3.31. The molecule has 1 atom stereocenters. The van der Waals surface area contributed by atoms with E-state index in [1.807, 2.05) is 25.1 Å². The summed E-state index contributed by atoms with van der Waals surface area (Å²) < 4.78 is 21.8. The molecule has 1 aromatic carbocycles. The van der Waals surface area contributed by atoms with Gasteiger partial charge >= 0.3 is 0 Å². The fourth-order valence-corrected chi connectivity index (χ4v) is 3.31. The van der Waals surface area contributed by atoms with Gasteiger partial charge in [0.25, 0.3) is 0 Å². The van der Waals surface area contributed by atoms with Crippen molar-refractivity contribution < 1.29 is 18.7 Å². The third-order valence-electron chi connectivity index (χ3n) is 4.50. The Morgan fingerprint density at radius 3 is 2.42 bits per heavy atom. The highest BCUT2D eigenvalue weighted by molar-refractivity contribution is 5.50. The van der Waals surface area contributed by atoms with Gasteiger partial charge in [-0.05, 0) is 32.4 Å². The molecule has 0 unspecified atom stereocenters. The maximum absolute atomic E-state index is 5.54. The van der Waals surface area contributed by atoms with Gasteiger partial charge in [-0.1, -0.05) is 5.16 Å². The minimum Gasteiger partial charge on any atom is -0.496 e. The summed E-state index contributed by atoms with van der Waals surface area (Å²) in [7, 11) is 4.94. The molecule has 1 aromatic heterocycles. The van der Waals surface area contributed by atoms with Crippen LogP contribution in [0.5, 0.6) is 17.2 Å². The summed E-state index contributed by atoms with van der Waals surface area (Å²) >= 11 is 0. The van der Waals surface area contributed by atoms with Crippen LogP contribution in [0.25, 0.3) is 0 Å². The molecule has 6 nitrogen and oxygen atoms in total. The molecule has 1 saturated heterocycles. The van der Waals surface area contributed by atoms with Gasteiger partial charge in [0.1, 0.15) is 5.75 Å². The quantitative estimate of drug-likeness (QED) is 0.808. The van der Waals surface area contributed by atoms with E-state index in [0.29, 0.717) is 11.5 Å². The first-order chi connectivity index (χ1) is 11.7. The summed E-state index contributed by atoms with van der Waals surface area (Å²) in [4.78, 5) is 2.39. The number of aryl methyl sites for hydroxylation is 1. The van der Waals surface area contributed by atoms with Gasteiger partial charge < -0.3 is 18.7 Å². The molecule has 0 saturated carbocycles. The Bertz CT molecular complexity index is 698. The molecule has 6 heteroatoms. The lowest BCUT2D eigenvalue weighted by atomic mass is 10.1. The van der Waals surface area contributed by atoms with E-state index in [1.54, 1.807) is 21.3 Å². The number of nitrogens with zero attached hydrogens (tertiary/aromatic N) is 2. The number of rotatable bonds is 6. The Balaban J connectivity index is 1.86. The number of likely N-dealkylation sites (tertiary alicyclic amines) is 1. The van der Waals surface area contributed by atoms with Gasteiger partial charge in [0.15, 0.2) is 17.3 Å². The molecule has 0 spiro atoms. The average molecular weight is 332 g/mol. The van der Waals surface area contributed by atoms with Gasteiger partial charge in [-0.2, -0.15) is 0 Å². The zero-order valence-corrected chi connectivity index (χ0v) is 14.7. The minimum absolute atomic E-state index is 0.254. The Hall–Kier alpha value is -2.21. The topological polar surface area (TPSA) is 57.0 Å². The molecule has 0 bridgehead atoms. The molecule has 0 amide bonds. The standard InChI is InChI=1S/C18H24N2O4/c1-12-8-16(24-19-12)14-6-5-7-20(14)11-13-9-17(22-3)18(23-4)10-15(13)21-2/h8-10,14H,5-7,11H2,1-4H3/t14-/m0/s1. The second-order valence-electron chi connectivity index (χ2n) is 6.02. The van der Waals surface area contributed by atoms with Crippen molar-refractivity contribution in [2.75, 3.05) is 27.9 Å². The SMILES string of the molecule is COc1cc(OC)c(OC)cc1CN1CCC[C@H]1c1cc(C)no1. The number of ether oxygens (including phenoxy) is 3. The van der Waals surface area contributed by atoms with Crippen LogP contribution in [0, 0.1) is 6.92 Å². The predicted molar refractivity (Wildman–Crippen MR) is 89.7 cm³/mol. The number of aromatic nitrogens is 1. The molecule has 0 aliphatic carbocycles. The van der Waals surface area contributed by atoms with Crippen molar-refractivity contribution in [2.24, 2.45) is 0 Å². The molecular weight excluding hydrogens is 308 g/mol. The van der Waals surface area contributed by atoms with E-state index in [-0.39, 0.29) is 6.04 Å². The van der Waals surface area contributed by atoms with Gasteiger partial charge in [-0.3, -0.25) is 4.90 Å². The van der Waals surface area contributed by atoms with Crippen molar-refractivity contribution in [1.29, 1.82) is 0 Å². The highest BCUT2D eigenvalue weighted by Gasteiger charge is 2.30. The van der Waals surface area contributed by atoms with E-state index in [1.165, 1.54) is 0 Å². The van der Waals surface area contributed by atoms with Crippen LogP contribution in [0.15, 0.2) is 22.7 Å². The summed E-state index contributed by atoms with van der Waals surface area (Å²) in [5.74, 6) is 3.11. The number of methoxy groups -OCH3 is 3. The first-order valence-corrected chi connectivity index (χ1v) is 8.12. The maximum atomic E-state index is 5.54. The normalized spacial score (nSPS) is 17.9. The van der Waals surface area contributed by atoms with Gasteiger partial charge in [0, 0.05) is 24.2 Å². The average Bonchev–Trinajstić information content (AvgIpc) is 3.23. The summed E-state index contributed by atoms with van der Waals surface area (Å²) in [6.45, 7) is 3.72. The monoisotopic (exact) mass is 332 g/mol. The molecule has 3 rings (SSSR count). The molecule has 0 radical (unpaired) electrons. The summed E-state index contributed by atoms with van der Waals surface area (Å²) in [5, 5.41) is 4.02. The first-order valence-electron chi connectivity index (χ1n) is 8.12. The van der Waals surface area contributed by atoms with Gasteiger partial charge in [0.2, 0.25) is 0 Å². The maximum Gasteiger partial charge on any atom is 0.164 e. The van der Waals surface area contributed by atoms with Crippen LogP contribution in [-0.4, -0.2) is 37.9 Å². The van der Waals surface area contributed by atoms with Crippen molar-refractivity contribution in [3.8, 4) is 17.2 Å². The Kier molecular flexibility index (Phi) is 4.94. The van der Waals surface area contributed by atoms with E-state index < -0.39 is 0 Å². The fraction of sp³-hybridized carbons (Fsp3) is 0.500. The summed E-state index contributed by atoms with van der Waals surface area (Å²) in [5.41, 5.74) is 1.99. The highest BCUT2D eigenvalue weighted by atomic mass is 16.5. The van der Waals surface area contributed by atoms with E-state index in [9.17, 15) is 0 Å². The smallest absolute Gasteiger partial charge is 0.164 e. The van der Waals surface area contributed by atoms with Gasteiger partial charge in [0.05, 0.1) is 33.1 Å². The van der Waals surface area contributed by atoms with E-state index in [4.69, 9.17) is 18.7 Å². The van der Waals surface area contributed by atoms with Gasteiger partial charge in [-0.25, -0.2) is 0 Å².